The molecule has 0 aliphatic carbocycles. The lowest BCUT2D eigenvalue weighted by molar-refractivity contribution is 0.195. The standard InChI is InChI=1S/C14H20FNO2/c1-10(18)12-3-2-4-13(15)14(12)16-7-5-11(9-17)6-8-16/h2-4,10-11,17-18H,5-9H2,1H3. The van der Waals surface area contributed by atoms with Crippen LogP contribution in [0.25, 0.3) is 0 Å². The first-order valence-electron chi connectivity index (χ1n) is 6.45. The van der Waals surface area contributed by atoms with Gasteiger partial charge in [0, 0.05) is 25.3 Å². The zero-order valence-corrected chi connectivity index (χ0v) is 10.6. The lowest BCUT2D eigenvalue weighted by Crippen LogP contribution is -2.36. The van der Waals surface area contributed by atoms with E-state index in [1.54, 1.807) is 19.1 Å². The average Bonchev–Trinajstić information content (AvgIpc) is 2.38. The molecule has 1 saturated heterocycles. The van der Waals surface area contributed by atoms with E-state index in [1.807, 2.05) is 4.90 Å². The maximum Gasteiger partial charge on any atom is 0.146 e. The second kappa shape index (κ2) is 5.67. The predicted octanol–water partition coefficient (Wildman–Crippen LogP) is 2.09. The molecule has 1 aromatic carbocycles. The van der Waals surface area contributed by atoms with Gasteiger partial charge in [0.15, 0.2) is 0 Å². The fourth-order valence-electron chi connectivity index (χ4n) is 2.54. The van der Waals surface area contributed by atoms with Gasteiger partial charge < -0.3 is 15.1 Å². The molecule has 1 fully saturated rings. The minimum absolute atomic E-state index is 0.203. The van der Waals surface area contributed by atoms with Crippen molar-refractivity contribution in [3.05, 3.63) is 29.6 Å². The molecule has 1 aliphatic rings. The van der Waals surface area contributed by atoms with Crippen LogP contribution in [0.1, 0.15) is 31.4 Å². The predicted molar refractivity (Wildman–Crippen MR) is 69.1 cm³/mol. The van der Waals surface area contributed by atoms with Crippen molar-refractivity contribution >= 4 is 5.69 Å². The summed E-state index contributed by atoms with van der Waals surface area (Å²) in [7, 11) is 0. The van der Waals surface area contributed by atoms with Crippen molar-refractivity contribution in [2.24, 2.45) is 5.92 Å². The molecule has 0 radical (unpaired) electrons. The first-order chi connectivity index (χ1) is 8.63. The van der Waals surface area contributed by atoms with Crippen molar-refractivity contribution in [3.63, 3.8) is 0 Å². The van der Waals surface area contributed by atoms with Gasteiger partial charge >= 0.3 is 0 Å². The molecule has 1 aliphatic heterocycles. The van der Waals surface area contributed by atoms with E-state index in [-0.39, 0.29) is 12.4 Å². The Morgan fingerprint density at radius 3 is 2.61 bits per heavy atom. The monoisotopic (exact) mass is 253 g/mol. The molecule has 4 heteroatoms. The smallest absolute Gasteiger partial charge is 0.146 e. The molecule has 1 unspecified atom stereocenters. The van der Waals surface area contributed by atoms with Gasteiger partial charge in [0.2, 0.25) is 0 Å². The van der Waals surface area contributed by atoms with Gasteiger partial charge in [-0.15, -0.1) is 0 Å². The number of aliphatic hydroxyl groups excluding tert-OH is 2. The Balaban J connectivity index is 2.23. The van der Waals surface area contributed by atoms with Crippen molar-refractivity contribution in [2.45, 2.75) is 25.9 Å². The number of rotatable bonds is 3. The van der Waals surface area contributed by atoms with E-state index in [1.165, 1.54) is 6.07 Å². The van der Waals surface area contributed by atoms with Crippen LogP contribution in [0.2, 0.25) is 0 Å². The third-order valence-electron chi connectivity index (χ3n) is 3.66. The van der Waals surface area contributed by atoms with Gasteiger partial charge in [-0.1, -0.05) is 12.1 Å². The van der Waals surface area contributed by atoms with E-state index < -0.39 is 6.10 Å². The fraction of sp³-hybridized carbons (Fsp3) is 0.571. The second-order valence-electron chi connectivity index (χ2n) is 4.97. The maximum atomic E-state index is 14.0. The van der Waals surface area contributed by atoms with Crippen molar-refractivity contribution in [2.75, 3.05) is 24.6 Å². The van der Waals surface area contributed by atoms with Crippen LogP contribution in [-0.2, 0) is 0 Å². The van der Waals surface area contributed by atoms with Crippen LogP contribution in [0.5, 0.6) is 0 Å². The molecule has 0 saturated carbocycles. The van der Waals surface area contributed by atoms with Crippen molar-refractivity contribution in [3.8, 4) is 0 Å². The van der Waals surface area contributed by atoms with Crippen molar-refractivity contribution in [1.29, 1.82) is 0 Å². The Labute approximate surface area is 107 Å². The number of para-hydroxylation sites is 1. The van der Waals surface area contributed by atoms with Gasteiger partial charge in [0.25, 0.3) is 0 Å². The summed E-state index contributed by atoms with van der Waals surface area (Å²) in [6, 6.07) is 4.82. The van der Waals surface area contributed by atoms with Gasteiger partial charge in [0.1, 0.15) is 5.82 Å². The molecule has 2 rings (SSSR count). The van der Waals surface area contributed by atoms with E-state index in [4.69, 9.17) is 5.11 Å². The third kappa shape index (κ3) is 2.65. The van der Waals surface area contributed by atoms with Gasteiger partial charge in [-0.2, -0.15) is 0 Å². The highest BCUT2D eigenvalue weighted by Gasteiger charge is 2.23. The lowest BCUT2D eigenvalue weighted by Gasteiger charge is -2.34. The highest BCUT2D eigenvalue weighted by molar-refractivity contribution is 5.56. The first kappa shape index (κ1) is 13.3. The quantitative estimate of drug-likeness (QED) is 0.867. The summed E-state index contributed by atoms with van der Waals surface area (Å²) in [6.07, 6.45) is 1.06. The minimum atomic E-state index is -0.675. The number of halogens is 1. The van der Waals surface area contributed by atoms with Crippen LogP contribution in [0.4, 0.5) is 10.1 Å². The molecule has 0 bridgehead atoms. The Hall–Kier alpha value is -1.13. The molecule has 1 heterocycles. The molecule has 1 aromatic rings. The van der Waals surface area contributed by atoms with Crippen LogP contribution >= 0.6 is 0 Å². The molecule has 0 aromatic heterocycles. The van der Waals surface area contributed by atoms with Crippen LogP contribution in [0.15, 0.2) is 18.2 Å². The molecule has 0 spiro atoms. The zero-order valence-electron chi connectivity index (χ0n) is 10.6. The average molecular weight is 253 g/mol. The van der Waals surface area contributed by atoms with E-state index >= 15 is 0 Å². The topological polar surface area (TPSA) is 43.7 Å². The lowest BCUT2D eigenvalue weighted by atomic mass is 9.96. The highest BCUT2D eigenvalue weighted by Crippen LogP contribution is 2.32. The molecule has 0 amide bonds. The fourth-order valence-corrected chi connectivity index (χ4v) is 2.54. The van der Waals surface area contributed by atoms with E-state index in [0.29, 0.717) is 17.2 Å². The van der Waals surface area contributed by atoms with Gasteiger partial charge in [0.05, 0.1) is 11.8 Å². The van der Waals surface area contributed by atoms with Gasteiger partial charge in [-0.3, -0.25) is 0 Å². The summed E-state index contributed by atoms with van der Waals surface area (Å²) in [4.78, 5) is 1.98. The minimum Gasteiger partial charge on any atom is -0.396 e. The summed E-state index contributed by atoms with van der Waals surface area (Å²) < 4.78 is 14.0. The van der Waals surface area contributed by atoms with E-state index in [9.17, 15) is 9.50 Å². The molecule has 3 nitrogen and oxygen atoms in total. The maximum absolute atomic E-state index is 14.0. The highest BCUT2D eigenvalue weighted by atomic mass is 19.1. The van der Waals surface area contributed by atoms with Gasteiger partial charge in [-0.05, 0) is 31.7 Å². The molecule has 18 heavy (non-hydrogen) atoms. The summed E-state index contributed by atoms with van der Waals surface area (Å²) in [5.74, 6) is 0.0406. The Kier molecular flexibility index (Phi) is 4.19. The summed E-state index contributed by atoms with van der Waals surface area (Å²) in [6.45, 7) is 3.31. The number of anilines is 1. The van der Waals surface area contributed by atoms with Gasteiger partial charge in [-0.25, -0.2) is 4.39 Å². The Morgan fingerprint density at radius 2 is 2.06 bits per heavy atom. The molecule has 100 valence electrons. The summed E-state index contributed by atoms with van der Waals surface area (Å²) in [5, 5.41) is 18.8. The van der Waals surface area contributed by atoms with Crippen molar-refractivity contribution in [1.82, 2.24) is 0 Å². The first-order valence-corrected chi connectivity index (χ1v) is 6.45. The number of hydrogen-bond acceptors (Lipinski definition) is 3. The summed E-state index contributed by atoms with van der Waals surface area (Å²) >= 11 is 0. The Morgan fingerprint density at radius 1 is 1.39 bits per heavy atom. The second-order valence-corrected chi connectivity index (χ2v) is 4.97. The molecular formula is C14H20FNO2. The van der Waals surface area contributed by atoms with Crippen LogP contribution in [0.3, 0.4) is 0 Å². The SMILES string of the molecule is CC(O)c1cccc(F)c1N1CCC(CO)CC1. The summed E-state index contributed by atoms with van der Waals surface area (Å²) in [5.41, 5.74) is 1.15. The van der Waals surface area contributed by atoms with Crippen LogP contribution in [0, 0.1) is 11.7 Å². The Bertz CT molecular complexity index is 401. The number of piperidine rings is 1. The number of hydrogen-bond donors (Lipinski definition) is 2. The molecule has 1 atom stereocenters. The van der Waals surface area contributed by atoms with E-state index in [2.05, 4.69) is 0 Å². The number of nitrogens with zero attached hydrogens (tertiary/aromatic N) is 1. The van der Waals surface area contributed by atoms with E-state index in [0.717, 1.165) is 25.9 Å². The largest absolute Gasteiger partial charge is 0.396 e. The van der Waals surface area contributed by atoms with Crippen LogP contribution < -0.4 is 4.90 Å². The third-order valence-corrected chi connectivity index (χ3v) is 3.66. The van der Waals surface area contributed by atoms with Crippen molar-refractivity contribution < 1.29 is 14.6 Å². The normalized spacial score (nSPS) is 19.0. The molecular weight excluding hydrogens is 233 g/mol. The number of aliphatic hydroxyl groups is 2. The zero-order chi connectivity index (χ0) is 13.1. The number of benzene rings is 1. The molecule has 2 N–H and O–H groups in total. The van der Waals surface area contributed by atoms with Crippen LogP contribution in [-0.4, -0.2) is 29.9 Å².